The maximum absolute atomic E-state index is 13.1. The lowest BCUT2D eigenvalue weighted by Crippen LogP contribution is -2.09. The molecule has 0 atom stereocenters. The molecule has 6 nitrogen and oxygen atoms in total. The van der Waals surface area contributed by atoms with E-state index in [1.165, 1.54) is 12.1 Å². The summed E-state index contributed by atoms with van der Waals surface area (Å²) < 4.78 is 50.0. The first-order valence-electron chi connectivity index (χ1n) is 6.67. The first kappa shape index (κ1) is 15.2. The number of carbonyl (C=O) groups is 1. The number of aromatic amines is 1. The molecule has 0 saturated heterocycles. The summed E-state index contributed by atoms with van der Waals surface area (Å²) in [5.74, 6) is -1.70. The zero-order valence-electron chi connectivity index (χ0n) is 11.6. The van der Waals surface area contributed by atoms with Gasteiger partial charge in [0, 0.05) is 12.0 Å². The summed E-state index contributed by atoms with van der Waals surface area (Å²) in [5.41, 5.74) is -0.716. The van der Waals surface area contributed by atoms with Crippen molar-refractivity contribution in [2.75, 3.05) is 13.2 Å². The van der Waals surface area contributed by atoms with Gasteiger partial charge in [-0.25, -0.2) is 4.79 Å². The van der Waals surface area contributed by atoms with E-state index in [1.54, 1.807) is 0 Å². The van der Waals surface area contributed by atoms with Gasteiger partial charge < -0.3 is 14.6 Å². The second-order valence-electron chi connectivity index (χ2n) is 4.84. The van der Waals surface area contributed by atoms with E-state index in [2.05, 4.69) is 10.2 Å². The average molecular weight is 328 g/mol. The van der Waals surface area contributed by atoms with Gasteiger partial charge in [0.15, 0.2) is 11.5 Å². The normalized spacial score (nSPS) is 14.4. The molecule has 0 saturated carbocycles. The predicted molar refractivity (Wildman–Crippen MR) is 71.6 cm³/mol. The van der Waals surface area contributed by atoms with Crippen LogP contribution in [0.25, 0.3) is 11.3 Å². The van der Waals surface area contributed by atoms with Crippen molar-refractivity contribution < 1.29 is 32.5 Å². The third-order valence-corrected chi connectivity index (χ3v) is 3.28. The standard InChI is InChI=1S/C14H11F3N2O4/c15-14(16,17)8-3-2-7(9-6-10(13(20)21)19-18-9)11-12(8)23-5-1-4-22-11/h2-3,6H,1,4-5H2,(H,18,19)(H,20,21). The Morgan fingerprint density at radius 2 is 1.91 bits per heavy atom. The van der Waals surface area contributed by atoms with E-state index >= 15 is 0 Å². The average Bonchev–Trinajstić information content (AvgIpc) is 2.84. The second kappa shape index (κ2) is 5.49. The van der Waals surface area contributed by atoms with Crippen molar-refractivity contribution in [1.82, 2.24) is 10.2 Å². The molecule has 2 aromatic rings. The number of nitrogens with one attached hydrogen (secondary N) is 1. The number of carboxylic acids is 1. The number of hydrogen-bond donors (Lipinski definition) is 2. The van der Waals surface area contributed by atoms with E-state index in [4.69, 9.17) is 14.6 Å². The Morgan fingerprint density at radius 3 is 2.52 bits per heavy atom. The molecular formula is C14H11F3N2O4. The lowest BCUT2D eigenvalue weighted by atomic mass is 10.1. The summed E-state index contributed by atoms with van der Waals surface area (Å²) in [5, 5.41) is 15.0. The lowest BCUT2D eigenvalue weighted by molar-refractivity contribution is -0.139. The minimum absolute atomic E-state index is 0.0826. The summed E-state index contributed by atoms with van der Waals surface area (Å²) in [4.78, 5) is 10.9. The Kier molecular flexibility index (Phi) is 3.63. The minimum Gasteiger partial charge on any atom is -0.489 e. The first-order chi connectivity index (χ1) is 10.9. The van der Waals surface area contributed by atoms with Gasteiger partial charge in [0.2, 0.25) is 0 Å². The number of halogens is 3. The van der Waals surface area contributed by atoms with Gasteiger partial charge in [-0.15, -0.1) is 0 Å². The molecule has 1 aromatic carbocycles. The molecule has 2 N–H and O–H groups in total. The molecule has 0 radical (unpaired) electrons. The Labute approximate surface area is 127 Å². The van der Waals surface area contributed by atoms with E-state index < -0.39 is 23.5 Å². The number of aromatic nitrogens is 2. The van der Waals surface area contributed by atoms with E-state index in [-0.39, 0.29) is 35.9 Å². The van der Waals surface area contributed by atoms with Crippen molar-refractivity contribution in [1.29, 1.82) is 0 Å². The van der Waals surface area contributed by atoms with Crippen molar-refractivity contribution in [2.24, 2.45) is 0 Å². The van der Waals surface area contributed by atoms with Crippen LogP contribution in [0.1, 0.15) is 22.5 Å². The molecule has 1 aliphatic heterocycles. The largest absolute Gasteiger partial charge is 0.489 e. The Bertz CT molecular complexity index is 755. The summed E-state index contributed by atoms with van der Waals surface area (Å²) in [7, 11) is 0. The molecule has 0 unspecified atom stereocenters. The number of H-pyrrole nitrogens is 1. The summed E-state index contributed by atoms with van der Waals surface area (Å²) in [6.07, 6.45) is -4.15. The molecule has 0 aliphatic carbocycles. The highest BCUT2D eigenvalue weighted by atomic mass is 19.4. The van der Waals surface area contributed by atoms with Crippen molar-refractivity contribution in [3.05, 3.63) is 29.5 Å². The highest BCUT2D eigenvalue weighted by molar-refractivity contribution is 5.87. The summed E-state index contributed by atoms with van der Waals surface area (Å²) >= 11 is 0. The van der Waals surface area contributed by atoms with Crippen LogP contribution in [0.5, 0.6) is 11.5 Å². The third-order valence-electron chi connectivity index (χ3n) is 3.28. The summed E-state index contributed by atoms with van der Waals surface area (Å²) in [6, 6.07) is 3.29. The van der Waals surface area contributed by atoms with Gasteiger partial charge >= 0.3 is 12.1 Å². The third kappa shape index (κ3) is 2.81. The fourth-order valence-corrected chi connectivity index (χ4v) is 2.25. The fourth-order valence-electron chi connectivity index (χ4n) is 2.25. The number of alkyl halides is 3. The van der Waals surface area contributed by atoms with Crippen LogP contribution in [-0.4, -0.2) is 34.5 Å². The zero-order chi connectivity index (χ0) is 16.6. The van der Waals surface area contributed by atoms with Gasteiger partial charge in [-0.1, -0.05) is 0 Å². The van der Waals surface area contributed by atoms with Crippen molar-refractivity contribution in [3.63, 3.8) is 0 Å². The van der Waals surface area contributed by atoms with Crippen molar-refractivity contribution in [2.45, 2.75) is 12.6 Å². The van der Waals surface area contributed by atoms with Gasteiger partial charge in [-0.05, 0) is 18.2 Å². The zero-order valence-corrected chi connectivity index (χ0v) is 11.6. The van der Waals surface area contributed by atoms with Crippen molar-refractivity contribution >= 4 is 5.97 Å². The van der Waals surface area contributed by atoms with Gasteiger partial charge in [0.25, 0.3) is 0 Å². The van der Waals surface area contributed by atoms with Crippen LogP contribution in [0.2, 0.25) is 0 Å². The van der Waals surface area contributed by atoms with E-state index in [9.17, 15) is 18.0 Å². The van der Waals surface area contributed by atoms with Gasteiger partial charge in [-0.2, -0.15) is 18.3 Å². The smallest absolute Gasteiger partial charge is 0.420 e. The molecule has 0 fully saturated rings. The monoisotopic (exact) mass is 328 g/mol. The number of aromatic carboxylic acids is 1. The number of rotatable bonds is 2. The van der Waals surface area contributed by atoms with Gasteiger partial charge in [0.1, 0.15) is 11.3 Å². The van der Waals surface area contributed by atoms with Crippen LogP contribution in [0.4, 0.5) is 13.2 Å². The number of fused-ring (bicyclic) bond motifs is 1. The Balaban J connectivity index is 2.16. The summed E-state index contributed by atoms with van der Waals surface area (Å²) in [6.45, 7) is 0.290. The SMILES string of the molecule is O=C(O)c1cc(-c2ccc(C(F)(F)F)c3c2OCCCO3)n[nH]1. The number of ether oxygens (including phenoxy) is 2. The first-order valence-corrected chi connectivity index (χ1v) is 6.67. The van der Waals surface area contributed by atoms with Crippen LogP contribution in [-0.2, 0) is 6.18 Å². The lowest BCUT2D eigenvalue weighted by Gasteiger charge is -2.17. The molecule has 3 rings (SSSR count). The second-order valence-corrected chi connectivity index (χ2v) is 4.84. The number of hydrogen-bond acceptors (Lipinski definition) is 4. The highest BCUT2D eigenvalue weighted by Crippen LogP contribution is 2.47. The molecule has 0 bridgehead atoms. The van der Waals surface area contributed by atoms with E-state index in [0.29, 0.717) is 6.42 Å². The van der Waals surface area contributed by atoms with Crippen LogP contribution in [0, 0.1) is 0 Å². The van der Waals surface area contributed by atoms with Crippen LogP contribution in [0.3, 0.4) is 0 Å². The van der Waals surface area contributed by atoms with E-state index in [0.717, 1.165) is 6.07 Å². The minimum atomic E-state index is -4.59. The van der Waals surface area contributed by atoms with Crippen LogP contribution < -0.4 is 9.47 Å². The predicted octanol–water partition coefficient (Wildman–Crippen LogP) is 2.96. The molecule has 1 aliphatic rings. The Morgan fingerprint density at radius 1 is 1.22 bits per heavy atom. The molecule has 2 heterocycles. The van der Waals surface area contributed by atoms with Gasteiger partial charge in [-0.3, -0.25) is 5.10 Å². The molecule has 0 amide bonds. The Hall–Kier alpha value is -2.71. The fraction of sp³-hybridized carbons (Fsp3) is 0.286. The molecule has 9 heteroatoms. The topological polar surface area (TPSA) is 84.4 Å². The number of nitrogens with zero attached hydrogens (tertiary/aromatic N) is 1. The molecule has 1 aromatic heterocycles. The number of benzene rings is 1. The molecule has 0 spiro atoms. The molecule has 122 valence electrons. The molecular weight excluding hydrogens is 317 g/mol. The van der Waals surface area contributed by atoms with Crippen molar-refractivity contribution in [3.8, 4) is 22.8 Å². The number of carboxylic acid groups (broad SMARTS) is 1. The maximum atomic E-state index is 13.1. The molecule has 23 heavy (non-hydrogen) atoms. The highest BCUT2D eigenvalue weighted by Gasteiger charge is 2.37. The van der Waals surface area contributed by atoms with Crippen LogP contribution in [0.15, 0.2) is 18.2 Å². The van der Waals surface area contributed by atoms with E-state index in [1.807, 2.05) is 0 Å². The van der Waals surface area contributed by atoms with Gasteiger partial charge in [0.05, 0.1) is 18.9 Å². The van der Waals surface area contributed by atoms with Crippen LogP contribution >= 0.6 is 0 Å². The maximum Gasteiger partial charge on any atom is 0.420 e. The quantitative estimate of drug-likeness (QED) is 0.885.